The fourth-order valence-electron chi connectivity index (χ4n) is 2.42. The lowest BCUT2D eigenvalue weighted by atomic mass is 9.68. The molecule has 1 aromatic rings. The summed E-state index contributed by atoms with van der Waals surface area (Å²) in [6.07, 6.45) is 0.347. The van der Waals surface area contributed by atoms with Crippen LogP contribution in [-0.4, -0.2) is 30.5 Å². The molecule has 7 heteroatoms. The van der Waals surface area contributed by atoms with Crippen molar-refractivity contribution in [2.45, 2.75) is 46.4 Å². The first kappa shape index (κ1) is 18.5. The van der Waals surface area contributed by atoms with Crippen molar-refractivity contribution in [3.05, 3.63) is 29.1 Å². The summed E-state index contributed by atoms with van der Waals surface area (Å²) < 4.78 is 24.5. The summed E-state index contributed by atoms with van der Waals surface area (Å²) in [6, 6.07) is 2.78. The number of hydrogen-bond donors (Lipinski definition) is 1. The number of ether oxygens (including phenoxy) is 1. The van der Waals surface area contributed by atoms with Crippen LogP contribution in [0.15, 0.2) is 12.1 Å². The van der Waals surface area contributed by atoms with Crippen molar-refractivity contribution >= 4 is 18.9 Å². The van der Waals surface area contributed by atoms with Gasteiger partial charge in [-0.3, -0.25) is 9.59 Å². The van der Waals surface area contributed by atoms with E-state index >= 15 is 0 Å². The second kappa shape index (κ2) is 6.93. The third-order valence-corrected chi connectivity index (χ3v) is 3.91. The van der Waals surface area contributed by atoms with Gasteiger partial charge in [-0.15, -0.1) is 0 Å². The molecule has 130 valence electrons. The van der Waals surface area contributed by atoms with Gasteiger partial charge in [0, 0.05) is 12.2 Å². The lowest BCUT2D eigenvalue weighted by molar-refractivity contribution is -0.152. The summed E-state index contributed by atoms with van der Waals surface area (Å²) in [4.78, 5) is 24.1. The molecule has 0 spiro atoms. The Bertz CT molecular complexity index is 653. The number of carbonyl (C=O) groups is 2. The average molecular weight is 336 g/mol. The molecule has 24 heavy (non-hydrogen) atoms. The summed E-state index contributed by atoms with van der Waals surface area (Å²) in [6.45, 7) is 6.81. The first-order valence-electron chi connectivity index (χ1n) is 7.97. The molecule has 0 aliphatic carbocycles. The number of ketones is 1. The van der Waals surface area contributed by atoms with E-state index in [9.17, 15) is 19.0 Å². The van der Waals surface area contributed by atoms with Crippen LogP contribution in [0, 0.1) is 11.2 Å². The third kappa shape index (κ3) is 3.95. The normalized spacial score (nSPS) is 17.1. The number of benzene rings is 1. The molecule has 0 radical (unpaired) electrons. The van der Waals surface area contributed by atoms with Crippen LogP contribution in [0.5, 0.6) is 5.75 Å². The van der Waals surface area contributed by atoms with E-state index in [1.54, 1.807) is 26.8 Å². The molecular formula is C17H22BFO5. The van der Waals surface area contributed by atoms with Crippen molar-refractivity contribution in [2.75, 3.05) is 6.61 Å². The number of esters is 1. The number of rotatable bonds is 4. The van der Waals surface area contributed by atoms with Crippen LogP contribution < -0.4 is 4.65 Å². The largest absolute Gasteiger partial charge is 0.535 e. The molecule has 1 heterocycles. The fraction of sp³-hybridized carbons (Fsp3) is 0.529. The van der Waals surface area contributed by atoms with Crippen LogP contribution >= 0.6 is 0 Å². The first-order valence-corrected chi connectivity index (χ1v) is 7.97. The van der Waals surface area contributed by atoms with E-state index < -0.39 is 30.1 Å². The summed E-state index contributed by atoms with van der Waals surface area (Å²) in [7, 11) is -1.08. The molecule has 0 saturated carbocycles. The molecule has 1 aliphatic rings. The first-order chi connectivity index (χ1) is 11.1. The highest BCUT2D eigenvalue weighted by molar-refractivity contribution is 6.46. The molecular weight excluding hydrogens is 314 g/mol. The molecule has 0 aromatic heterocycles. The van der Waals surface area contributed by atoms with Crippen molar-refractivity contribution in [1.82, 2.24) is 0 Å². The van der Waals surface area contributed by atoms with Crippen molar-refractivity contribution < 1.29 is 28.4 Å². The summed E-state index contributed by atoms with van der Waals surface area (Å²) >= 11 is 0. The summed E-state index contributed by atoms with van der Waals surface area (Å²) in [5.74, 6) is -1.70. The van der Waals surface area contributed by atoms with Crippen LogP contribution in [0.2, 0.25) is 5.82 Å². The Kier molecular flexibility index (Phi) is 5.33. The maximum atomic E-state index is 14.1. The van der Waals surface area contributed by atoms with Gasteiger partial charge < -0.3 is 14.4 Å². The van der Waals surface area contributed by atoms with E-state index in [-0.39, 0.29) is 30.2 Å². The second-order valence-corrected chi connectivity index (χ2v) is 7.16. The highest BCUT2D eigenvalue weighted by atomic mass is 19.1. The van der Waals surface area contributed by atoms with Crippen molar-refractivity contribution in [3.63, 3.8) is 0 Å². The van der Waals surface area contributed by atoms with Gasteiger partial charge in [-0.25, -0.2) is 4.39 Å². The van der Waals surface area contributed by atoms with Gasteiger partial charge in [-0.05, 0) is 38.8 Å². The minimum absolute atomic E-state index is 0.0905. The number of carbonyl (C=O) groups excluding carboxylic acids is 2. The molecule has 2 rings (SSSR count). The maximum Gasteiger partial charge on any atom is 0.525 e. The topological polar surface area (TPSA) is 72.8 Å². The lowest BCUT2D eigenvalue weighted by Crippen LogP contribution is -2.33. The van der Waals surface area contributed by atoms with E-state index in [1.807, 2.05) is 6.92 Å². The third-order valence-electron chi connectivity index (χ3n) is 3.91. The standard InChI is InChI=1S/C17H22BFO5/c1-10-9-11-5-6-12(19)14(15(11)24-18(10)22)13(20)7-8-23-16(21)17(2,3)4/h5-6,10,22H,7-9H2,1-4H3. The smallest absolute Gasteiger partial charge is 0.525 e. The molecule has 1 atom stereocenters. The highest BCUT2D eigenvalue weighted by Crippen LogP contribution is 2.36. The highest BCUT2D eigenvalue weighted by Gasteiger charge is 2.35. The van der Waals surface area contributed by atoms with Gasteiger partial charge in [0.2, 0.25) is 0 Å². The van der Waals surface area contributed by atoms with E-state index in [2.05, 4.69) is 0 Å². The molecule has 5 nitrogen and oxygen atoms in total. The number of Topliss-reactive ketones (excluding diaryl/α,β-unsaturated/α-hetero) is 1. The van der Waals surface area contributed by atoms with Crippen LogP contribution in [0.1, 0.15) is 50.0 Å². The Labute approximate surface area is 141 Å². The molecule has 0 amide bonds. The molecule has 1 unspecified atom stereocenters. The van der Waals surface area contributed by atoms with Gasteiger partial charge in [-0.1, -0.05) is 13.0 Å². The van der Waals surface area contributed by atoms with Crippen LogP contribution in [0.25, 0.3) is 0 Å². The van der Waals surface area contributed by atoms with Crippen LogP contribution in [-0.2, 0) is 16.0 Å². The maximum absolute atomic E-state index is 14.1. The summed E-state index contributed by atoms with van der Waals surface area (Å²) in [5.41, 5.74) is -0.168. The van der Waals surface area contributed by atoms with Gasteiger partial charge in [0.05, 0.1) is 17.6 Å². The van der Waals surface area contributed by atoms with E-state index in [0.29, 0.717) is 12.0 Å². The van der Waals surface area contributed by atoms with Crippen molar-refractivity contribution in [3.8, 4) is 5.75 Å². The Morgan fingerprint density at radius 1 is 1.42 bits per heavy atom. The fourth-order valence-corrected chi connectivity index (χ4v) is 2.42. The van der Waals surface area contributed by atoms with Gasteiger partial charge in [0.15, 0.2) is 5.78 Å². The molecule has 0 saturated heterocycles. The quantitative estimate of drug-likeness (QED) is 0.520. The van der Waals surface area contributed by atoms with Gasteiger partial charge >= 0.3 is 13.1 Å². The molecule has 1 aromatic carbocycles. The predicted octanol–water partition coefficient (Wildman–Crippen LogP) is 2.79. The zero-order valence-corrected chi connectivity index (χ0v) is 14.4. The molecule has 0 bridgehead atoms. The second-order valence-electron chi connectivity index (χ2n) is 7.16. The number of halogens is 1. The van der Waals surface area contributed by atoms with Gasteiger partial charge in [-0.2, -0.15) is 0 Å². The zero-order valence-electron chi connectivity index (χ0n) is 14.4. The van der Waals surface area contributed by atoms with Crippen molar-refractivity contribution in [2.24, 2.45) is 5.41 Å². The molecule has 1 aliphatic heterocycles. The molecule has 1 N–H and O–H groups in total. The Morgan fingerprint density at radius 3 is 2.71 bits per heavy atom. The lowest BCUT2D eigenvalue weighted by Gasteiger charge is -2.26. The minimum atomic E-state index is -1.08. The van der Waals surface area contributed by atoms with Gasteiger partial charge in [0.25, 0.3) is 0 Å². The SMILES string of the molecule is CC1Cc2ccc(F)c(C(=O)CCOC(=O)C(C)(C)C)c2OB1O. The van der Waals surface area contributed by atoms with Crippen LogP contribution in [0.3, 0.4) is 0 Å². The van der Waals surface area contributed by atoms with E-state index in [0.717, 1.165) is 0 Å². The predicted molar refractivity (Wildman–Crippen MR) is 87.5 cm³/mol. The minimum Gasteiger partial charge on any atom is -0.535 e. The molecule has 0 fully saturated rings. The van der Waals surface area contributed by atoms with E-state index in [1.165, 1.54) is 6.07 Å². The van der Waals surface area contributed by atoms with Crippen molar-refractivity contribution in [1.29, 1.82) is 0 Å². The Hall–Kier alpha value is -1.89. The average Bonchev–Trinajstić information content (AvgIpc) is 2.47. The number of fused-ring (bicyclic) bond motifs is 1. The van der Waals surface area contributed by atoms with Crippen LogP contribution in [0.4, 0.5) is 4.39 Å². The monoisotopic (exact) mass is 336 g/mol. The Balaban J connectivity index is 2.13. The zero-order chi connectivity index (χ0) is 18.1. The number of hydrogen-bond acceptors (Lipinski definition) is 5. The van der Waals surface area contributed by atoms with E-state index in [4.69, 9.17) is 9.39 Å². The van der Waals surface area contributed by atoms with Gasteiger partial charge in [0.1, 0.15) is 11.6 Å². The summed E-state index contributed by atoms with van der Waals surface area (Å²) in [5, 5.41) is 9.83. The Morgan fingerprint density at radius 2 is 2.08 bits per heavy atom.